The van der Waals surface area contributed by atoms with Gasteiger partial charge in [0, 0.05) is 31.4 Å². The summed E-state index contributed by atoms with van der Waals surface area (Å²) >= 11 is 0. The number of carbonyl (C=O) groups excluding carboxylic acids is 1. The highest BCUT2D eigenvalue weighted by molar-refractivity contribution is 5.78. The first-order chi connectivity index (χ1) is 11.5. The van der Waals surface area contributed by atoms with Crippen LogP contribution in [-0.4, -0.2) is 43.3 Å². The van der Waals surface area contributed by atoms with E-state index >= 15 is 0 Å². The molecule has 1 heterocycles. The molecule has 1 aliphatic heterocycles. The Morgan fingerprint density at radius 3 is 2.79 bits per heavy atom. The predicted molar refractivity (Wildman–Crippen MR) is 93.6 cm³/mol. The van der Waals surface area contributed by atoms with Gasteiger partial charge in [0.1, 0.15) is 5.82 Å². The molecule has 1 aromatic carbocycles. The molecule has 0 aliphatic carbocycles. The summed E-state index contributed by atoms with van der Waals surface area (Å²) < 4.78 is 13.7. The maximum absolute atomic E-state index is 13.7. The molecule has 134 valence electrons. The first-order valence-corrected chi connectivity index (χ1v) is 8.73. The van der Waals surface area contributed by atoms with Gasteiger partial charge in [-0.3, -0.25) is 4.79 Å². The standard InChI is InChI=1S/C18H28FN3O2/c1-3-8-20-18(24)12-21-13(2)16-11-14(19)4-5-17(16)22-9-6-15(23)7-10-22/h4-5,11,13,15,21,23H,3,6-10,12H2,1-2H3,(H,20,24). The van der Waals surface area contributed by atoms with E-state index in [1.54, 1.807) is 6.07 Å². The fourth-order valence-electron chi connectivity index (χ4n) is 2.95. The van der Waals surface area contributed by atoms with Gasteiger partial charge in [-0.05, 0) is 49.9 Å². The van der Waals surface area contributed by atoms with Gasteiger partial charge in [0.2, 0.25) is 5.91 Å². The molecule has 0 bridgehead atoms. The number of nitrogens with one attached hydrogen (secondary N) is 2. The van der Waals surface area contributed by atoms with Crippen LogP contribution in [0.5, 0.6) is 0 Å². The van der Waals surface area contributed by atoms with Crippen molar-refractivity contribution in [1.29, 1.82) is 0 Å². The van der Waals surface area contributed by atoms with Crippen LogP contribution in [0.15, 0.2) is 18.2 Å². The molecule has 24 heavy (non-hydrogen) atoms. The Kier molecular flexibility index (Phi) is 6.99. The van der Waals surface area contributed by atoms with Crippen molar-refractivity contribution in [3.8, 4) is 0 Å². The molecule has 6 heteroatoms. The zero-order chi connectivity index (χ0) is 17.5. The van der Waals surface area contributed by atoms with Crippen LogP contribution in [0.1, 0.15) is 44.7 Å². The zero-order valence-electron chi connectivity index (χ0n) is 14.5. The molecule has 5 nitrogen and oxygen atoms in total. The molecule has 0 radical (unpaired) electrons. The van der Waals surface area contributed by atoms with E-state index in [2.05, 4.69) is 15.5 Å². The fourth-order valence-corrected chi connectivity index (χ4v) is 2.95. The summed E-state index contributed by atoms with van der Waals surface area (Å²) in [7, 11) is 0. The summed E-state index contributed by atoms with van der Waals surface area (Å²) in [6, 6.07) is 4.64. The van der Waals surface area contributed by atoms with Crippen LogP contribution in [0, 0.1) is 5.82 Å². The van der Waals surface area contributed by atoms with Gasteiger partial charge in [0.15, 0.2) is 0 Å². The Balaban J connectivity index is 2.04. The average Bonchev–Trinajstić information content (AvgIpc) is 2.58. The van der Waals surface area contributed by atoms with E-state index in [4.69, 9.17) is 0 Å². The number of benzene rings is 1. The second-order valence-corrected chi connectivity index (χ2v) is 6.37. The molecule has 1 unspecified atom stereocenters. The van der Waals surface area contributed by atoms with Crippen molar-refractivity contribution in [1.82, 2.24) is 10.6 Å². The Labute approximate surface area is 143 Å². The summed E-state index contributed by atoms with van der Waals surface area (Å²) in [6.07, 6.45) is 2.09. The summed E-state index contributed by atoms with van der Waals surface area (Å²) in [4.78, 5) is 13.9. The summed E-state index contributed by atoms with van der Waals surface area (Å²) in [5, 5.41) is 15.7. The maximum atomic E-state index is 13.7. The van der Waals surface area contributed by atoms with Gasteiger partial charge in [-0.1, -0.05) is 6.92 Å². The number of aliphatic hydroxyl groups excluding tert-OH is 1. The molecule has 0 spiro atoms. The minimum Gasteiger partial charge on any atom is -0.393 e. The topological polar surface area (TPSA) is 64.6 Å². The van der Waals surface area contributed by atoms with Gasteiger partial charge in [-0.25, -0.2) is 4.39 Å². The van der Waals surface area contributed by atoms with Crippen molar-refractivity contribution >= 4 is 11.6 Å². The number of carbonyl (C=O) groups is 1. The zero-order valence-corrected chi connectivity index (χ0v) is 14.5. The highest BCUT2D eigenvalue weighted by Crippen LogP contribution is 2.29. The van der Waals surface area contributed by atoms with Crippen LogP contribution in [0.4, 0.5) is 10.1 Å². The Hall–Kier alpha value is -1.66. The first kappa shape index (κ1) is 18.7. The Morgan fingerprint density at radius 1 is 1.42 bits per heavy atom. The van der Waals surface area contributed by atoms with Crippen molar-refractivity contribution in [2.75, 3.05) is 31.1 Å². The fraction of sp³-hybridized carbons (Fsp3) is 0.611. The molecular weight excluding hydrogens is 309 g/mol. The number of rotatable bonds is 7. The minimum atomic E-state index is -0.283. The van der Waals surface area contributed by atoms with Crippen LogP contribution in [-0.2, 0) is 4.79 Å². The summed E-state index contributed by atoms with van der Waals surface area (Å²) in [5.74, 6) is -0.336. The first-order valence-electron chi connectivity index (χ1n) is 8.73. The minimum absolute atomic E-state index is 0.0530. The van der Waals surface area contributed by atoms with Crippen LogP contribution in [0.3, 0.4) is 0 Å². The van der Waals surface area contributed by atoms with E-state index < -0.39 is 0 Å². The highest BCUT2D eigenvalue weighted by Gasteiger charge is 2.21. The number of halogens is 1. The Bertz CT molecular complexity index is 545. The molecule has 3 N–H and O–H groups in total. The SMILES string of the molecule is CCCNC(=O)CNC(C)c1cc(F)ccc1N1CCC(O)CC1. The number of hydrogen-bond acceptors (Lipinski definition) is 4. The van der Waals surface area contributed by atoms with Gasteiger partial charge < -0.3 is 20.6 Å². The van der Waals surface area contributed by atoms with E-state index in [9.17, 15) is 14.3 Å². The maximum Gasteiger partial charge on any atom is 0.233 e. The molecule has 0 aromatic heterocycles. The highest BCUT2D eigenvalue weighted by atomic mass is 19.1. The molecule has 2 rings (SSSR count). The summed E-state index contributed by atoms with van der Waals surface area (Å²) in [6.45, 7) is 6.31. The third-order valence-corrected chi connectivity index (χ3v) is 4.40. The normalized spacial score (nSPS) is 16.9. The van der Waals surface area contributed by atoms with E-state index in [1.165, 1.54) is 12.1 Å². The van der Waals surface area contributed by atoms with Crippen LogP contribution in [0.2, 0.25) is 0 Å². The van der Waals surface area contributed by atoms with Crippen LogP contribution in [0.25, 0.3) is 0 Å². The quantitative estimate of drug-likeness (QED) is 0.712. The van der Waals surface area contributed by atoms with Crippen molar-refractivity contribution in [3.63, 3.8) is 0 Å². The lowest BCUT2D eigenvalue weighted by Gasteiger charge is -2.34. The lowest BCUT2D eigenvalue weighted by Crippen LogP contribution is -2.38. The average molecular weight is 337 g/mol. The molecule has 1 atom stereocenters. The van der Waals surface area contributed by atoms with Gasteiger partial charge in [0.25, 0.3) is 0 Å². The molecule has 1 amide bonds. The summed E-state index contributed by atoms with van der Waals surface area (Å²) in [5.41, 5.74) is 1.81. The largest absolute Gasteiger partial charge is 0.393 e. The lowest BCUT2D eigenvalue weighted by molar-refractivity contribution is -0.120. The van der Waals surface area contributed by atoms with Crippen molar-refractivity contribution < 1.29 is 14.3 Å². The lowest BCUT2D eigenvalue weighted by atomic mass is 10.0. The molecule has 1 aromatic rings. The molecule has 1 saturated heterocycles. The van der Waals surface area contributed by atoms with E-state index in [1.807, 2.05) is 13.8 Å². The number of hydrogen-bond donors (Lipinski definition) is 3. The molecule has 1 aliphatic rings. The second kappa shape index (κ2) is 8.99. The predicted octanol–water partition coefficient (Wildman–Crippen LogP) is 1.96. The number of aliphatic hydroxyl groups is 1. The van der Waals surface area contributed by atoms with Gasteiger partial charge >= 0.3 is 0 Å². The number of piperidine rings is 1. The third kappa shape index (κ3) is 5.18. The monoisotopic (exact) mass is 337 g/mol. The van der Waals surface area contributed by atoms with Crippen LogP contribution >= 0.6 is 0 Å². The number of anilines is 1. The van der Waals surface area contributed by atoms with Gasteiger partial charge in [-0.2, -0.15) is 0 Å². The van der Waals surface area contributed by atoms with Gasteiger partial charge in [-0.15, -0.1) is 0 Å². The van der Waals surface area contributed by atoms with E-state index in [0.717, 1.165) is 43.6 Å². The van der Waals surface area contributed by atoms with Crippen molar-refractivity contribution in [3.05, 3.63) is 29.6 Å². The molecular formula is C18H28FN3O2. The van der Waals surface area contributed by atoms with Crippen molar-refractivity contribution in [2.24, 2.45) is 0 Å². The van der Waals surface area contributed by atoms with E-state index in [0.29, 0.717) is 6.54 Å². The van der Waals surface area contributed by atoms with E-state index in [-0.39, 0.29) is 30.4 Å². The van der Waals surface area contributed by atoms with Crippen LogP contribution < -0.4 is 15.5 Å². The number of amides is 1. The third-order valence-electron chi connectivity index (χ3n) is 4.40. The van der Waals surface area contributed by atoms with Gasteiger partial charge in [0.05, 0.1) is 12.6 Å². The van der Waals surface area contributed by atoms with Crippen molar-refractivity contribution in [2.45, 2.75) is 45.3 Å². The second-order valence-electron chi connectivity index (χ2n) is 6.37. The number of nitrogens with zero attached hydrogens (tertiary/aromatic N) is 1. The Morgan fingerprint density at radius 2 is 2.12 bits per heavy atom. The molecule has 1 fully saturated rings. The smallest absolute Gasteiger partial charge is 0.233 e. The molecule has 0 saturated carbocycles.